The van der Waals surface area contributed by atoms with Crippen molar-refractivity contribution in [3.63, 3.8) is 0 Å². The molecule has 0 aliphatic carbocycles. The summed E-state index contributed by atoms with van der Waals surface area (Å²) in [6.07, 6.45) is -0.591. The lowest BCUT2D eigenvalue weighted by molar-refractivity contribution is -0.146. The largest absolute Gasteiger partial charge is 0.452 e. The van der Waals surface area contributed by atoms with Gasteiger partial charge in [-0.2, -0.15) is 0 Å². The Morgan fingerprint density at radius 1 is 1.15 bits per heavy atom. The SMILES string of the molecule is Cc1ccc(SCC(=O)O[C@H](C)c2nnc(-c3ccccc3)o2)c(C)c1. The Hall–Kier alpha value is -2.60. The number of rotatable bonds is 6. The maximum Gasteiger partial charge on any atom is 0.317 e. The van der Waals surface area contributed by atoms with E-state index in [1.54, 1.807) is 6.92 Å². The van der Waals surface area contributed by atoms with Crippen LogP contribution in [0.25, 0.3) is 11.5 Å². The van der Waals surface area contributed by atoms with Gasteiger partial charge in [-0.3, -0.25) is 4.79 Å². The quantitative estimate of drug-likeness (QED) is 0.462. The van der Waals surface area contributed by atoms with Gasteiger partial charge in [0.2, 0.25) is 5.89 Å². The zero-order valence-corrected chi connectivity index (χ0v) is 15.7. The highest BCUT2D eigenvalue weighted by atomic mass is 32.2. The third-order valence-corrected chi connectivity index (χ3v) is 4.94. The second-order valence-electron chi connectivity index (χ2n) is 6.00. The van der Waals surface area contributed by atoms with Crippen molar-refractivity contribution in [2.24, 2.45) is 0 Å². The van der Waals surface area contributed by atoms with Crippen LogP contribution in [0.1, 0.15) is 30.0 Å². The van der Waals surface area contributed by atoms with Gasteiger partial charge in [0.25, 0.3) is 5.89 Å². The van der Waals surface area contributed by atoms with Crippen LogP contribution in [0.3, 0.4) is 0 Å². The molecule has 134 valence electrons. The molecule has 0 saturated heterocycles. The molecule has 0 saturated carbocycles. The minimum absolute atomic E-state index is 0.230. The molecule has 0 radical (unpaired) electrons. The van der Waals surface area contributed by atoms with Gasteiger partial charge in [0.05, 0.1) is 5.75 Å². The summed E-state index contributed by atoms with van der Waals surface area (Å²) >= 11 is 1.46. The van der Waals surface area contributed by atoms with Crippen molar-refractivity contribution in [2.75, 3.05) is 5.75 Å². The van der Waals surface area contributed by atoms with Crippen molar-refractivity contribution >= 4 is 17.7 Å². The zero-order valence-electron chi connectivity index (χ0n) is 14.9. The Morgan fingerprint density at radius 2 is 1.92 bits per heavy atom. The lowest BCUT2D eigenvalue weighted by Gasteiger charge is -2.10. The van der Waals surface area contributed by atoms with Crippen LogP contribution >= 0.6 is 11.8 Å². The Bertz CT molecular complexity index is 893. The molecule has 26 heavy (non-hydrogen) atoms. The number of thioether (sulfide) groups is 1. The third kappa shape index (κ3) is 4.52. The molecule has 3 rings (SSSR count). The van der Waals surface area contributed by atoms with E-state index in [-0.39, 0.29) is 17.6 Å². The molecule has 5 nitrogen and oxygen atoms in total. The predicted octanol–water partition coefficient (Wildman–Crippen LogP) is 4.75. The number of carbonyl (C=O) groups is 1. The minimum atomic E-state index is -0.591. The average molecular weight is 368 g/mol. The second-order valence-corrected chi connectivity index (χ2v) is 7.02. The van der Waals surface area contributed by atoms with Crippen LogP contribution in [-0.2, 0) is 9.53 Å². The van der Waals surface area contributed by atoms with Gasteiger partial charge in [0, 0.05) is 10.5 Å². The molecule has 0 aliphatic heterocycles. The van der Waals surface area contributed by atoms with E-state index in [2.05, 4.69) is 16.3 Å². The number of hydrogen-bond acceptors (Lipinski definition) is 6. The van der Waals surface area contributed by atoms with Gasteiger partial charge in [0.1, 0.15) is 0 Å². The molecule has 3 aromatic rings. The smallest absolute Gasteiger partial charge is 0.317 e. The number of benzene rings is 2. The van der Waals surface area contributed by atoms with Crippen LogP contribution in [-0.4, -0.2) is 21.9 Å². The van der Waals surface area contributed by atoms with Gasteiger partial charge >= 0.3 is 5.97 Å². The van der Waals surface area contributed by atoms with Crippen LogP contribution < -0.4 is 0 Å². The number of esters is 1. The second kappa shape index (κ2) is 8.19. The minimum Gasteiger partial charge on any atom is -0.452 e. The van der Waals surface area contributed by atoms with Gasteiger partial charge in [-0.15, -0.1) is 22.0 Å². The lowest BCUT2D eigenvalue weighted by atomic mass is 10.2. The molecule has 0 spiro atoms. The van der Waals surface area contributed by atoms with Crippen LogP contribution in [0, 0.1) is 13.8 Å². The highest BCUT2D eigenvalue weighted by Crippen LogP contribution is 2.25. The first-order chi connectivity index (χ1) is 12.5. The highest BCUT2D eigenvalue weighted by Gasteiger charge is 2.19. The topological polar surface area (TPSA) is 65.2 Å². The first kappa shape index (κ1) is 18.2. The first-order valence-corrected chi connectivity index (χ1v) is 9.30. The molecule has 1 heterocycles. The van der Waals surface area contributed by atoms with Gasteiger partial charge in [0.15, 0.2) is 6.10 Å². The van der Waals surface area contributed by atoms with E-state index in [0.717, 1.165) is 16.0 Å². The summed E-state index contributed by atoms with van der Waals surface area (Å²) < 4.78 is 11.0. The van der Waals surface area contributed by atoms with Crippen molar-refractivity contribution in [3.8, 4) is 11.5 Å². The molecule has 0 fully saturated rings. The normalized spacial score (nSPS) is 12.0. The van der Waals surface area contributed by atoms with Crippen molar-refractivity contribution in [3.05, 3.63) is 65.5 Å². The number of nitrogens with zero attached hydrogens (tertiary/aromatic N) is 2. The molecule has 0 N–H and O–H groups in total. The summed E-state index contributed by atoms with van der Waals surface area (Å²) in [5.74, 6) is 0.609. The third-order valence-electron chi connectivity index (χ3n) is 3.79. The summed E-state index contributed by atoms with van der Waals surface area (Å²) in [7, 11) is 0. The number of carbonyl (C=O) groups excluding carboxylic acids is 1. The molecule has 6 heteroatoms. The number of aromatic nitrogens is 2. The molecular formula is C20H20N2O3S. The summed E-state index contributed by atoms with van der Waals surface area (Å²) in [5.41, 5.74) is 3.18. The Morgan fingerprint density at radius 3 is 2.65 bits per heavy atom. The van der Waals surface area contributed by atoms with Crippen LogP contribution in [0.5, 0.6) is 0 Å². The van der Waals surface area contributed by atoms with Crippen molar-refractivity contribution in [1.82, 2.24) is 10.2 Å². The monoisotopic (exact) mass is 368 g/mol. The van der Waals surface area contributed by atoms with E-state index in [4.69, 9.17) is 9.15 Å². The van der Waals surface area contributed by atoms with E-state index in [1.165, 1.54) is 17.3 Å². The Balaban J connectivity index is 1.57. The fourth-order valence-electron chi connectivity index (χ4n) is 2.48. The van der Waals surface area contributed by atoms with Crippen LogP contribution in [0.4, 0.5) is 0 Å². The van der Waals surface area contributed by atoms with E-state index in [0.29, 0.717) is 5.89 Å². The van der Waals surface area contributed by atoms with E-state index >= 15 is 0 Å². The summed E-state index contributed by atoms with van der Waals surface area (Å²) in [6.45, 7) is 5.81. The number of ether oxygens (including phenoxy) is 1. The maximum atomic E-state index is 12.1. The standard InChI is InChI=1S/C20H20N2O3S/c1-13-9-10-17(14(2)11-13)26-12-18(23)24-15(3)19-21-22-20(25-19)16-7-5-4-6-8-16/h4-11,15H,12H2,1-3H3/t15-/m1/s1. The zero-order chi connectivity index (χ0) is 18.5. The van der Waals surface area contributed by atoms with Gasteiger partial charge in [-0.25, -0.2) is 0 Å². The van der Waals surface area contributed by atoms with Crippen molar-refractivity contribution in [2.45, 2.75) is 31.8 Å². The Labute approximate surface area is 156 Å². The fourth-order valence-corrected chi connectivity index (χ4v) is 3.27. The summed E-state index contributed by atoms with van der Waals surface area (Å²) in [6, 6.07) is 15.6. The lowest BCUT2D eigenvalue weighted by Crippen LogP contribution is -2.11. The molecule has 2 aromatic carbocycles. The molecular weight excluding hydrogens is 348 g/mol. The van der Waals surface area contributed by atoms with Crippen molar-refractivity contribution in [1.29, 1.82) is 0 Å². The van der Waals surface area contributed by atoms with Crippen LogP contribution in [0.15, 0.2) is 57.8 Å². The summed E-state index contributed by atoms with van der Waals surface area (Å²) in [5, 5.41) is 8.00. The molecule has 0 bridgehead atoms. The molecule has 0 aliphatic rings. The maximum absolute atomic E-state index is 12.1. The molecule has 0 unspecified atom stereocenters. The average Bonchev–Trinajstić information content (AvgIpc) is 3.12. The molecule has 1 atom stereocenters. The van der Waals surface area contributed by atoms with Gasteiger partial charge in [-0.05, 0) is 44.5 Å². The fraction of sp³-hybridized carbons (Fsp3) is 0.250. The van der Waals surface area contributed by atoms with Gasteiger partial charge in [-0.1, -0.05) is 35.9 Å². The molecule has 1 aromatic heterocycles. The van der Waals surface area contributed by atoms with E-state index in [9.17, 15) is 4.79 Å². The van der Waals surface area contributed by atoms with Crippen LogP contribution in [0.2, 0.25) is 0 Å². The van der Waals surface area contributed by atoms with E-state index in [1.807, 2.05) is 56.3 Å². The number of hydrogen-bond donors (Lipinski definition) is 0. The van der Waals surface area contributed by atoms with Crippen molar-refractivity contribution < 1.29 is 13.9 Å². The summed E-state index contributed by atoms with van der Waals surface area (Å²) in [4.78, 5) is 13.2. The predicted molar refractivity (Wildman–Crippen MR) is 101 cm³/mol. The van der Waals surface area contributed by atoms with Gasteiger partial charge < -0.3 is 9.15 Å². The van der Waals surface area contributed by atoms with E-state index < -0.39 is 6.10 Å². The highest BCUT2D eigenvalue weighted by molar-refractivity contribution is 8.00. The number of aryl methyl sites for hydroxylation is 2. The Kier molecular flexibility index (Phi) is 5.73. The first-order valence-electron chi connectivity index (χ1n) is 8.31. The molecule has 0 amide bonds.